The number of ether oxygens (including phenoxy) is 1. The second-order valence-electron chi connectivity index (χ2n) is 7.14. The van der Waals surface area contributed by atoms with Gasteiger partial charge in [-0.25, -0.2) is 0 Å². The number of hydrogen-bond donors (Lipinski definition) is 0. The van der Waals surface area contributed by atoms with E-state index in [1.54, 1.807) is 7.11 Å². The molecule has 0 spiro atoms. The van der Waals surface area contributed by atoms with Crippen LogP contribution < -0.4 is 14.5 Å². The Balaban J connectivity index is 1.60. The van der Waals surface area contributed by atoms with Gasteiger partial charge in [0.05, 0.1) is 18.5 Å². The monoisotopic (exact) mass is 370 g/mol. The Morgan fingerprint density at radius 1 is 0.893 bits per heavy atom. The Kier molecular flexibility index (Phi) is 3.97. The zero-order valence-electron chi connectivity index (χ0n) is 16.0. The Hall–Kier alpha value is -3.40. The highest BCUT2D eigenvalue weighted by Gasteiger charge is 2.36. The molecule has 1 aliphatic heterocycles. The molecule has 1 aromatic heterocycles. The third kappa shape index (κ3) is 2.69. The molecule has 2 heterocycles. The molecule has 28 heavy (non-hydrogen) atoms. The topological polar surface area (TPSA) is 28.9 Å². The van der Waals surface area contributed by atoms with Gasteiger partial charge in [-0.1, -0.05) is 42.5 Å². The largest absolute Gasteiger partial charge is 0.497 e. The van der Waals surface area contributed by atoms with Crippen molar-refractivity contribution in [1.82, 2.24) is 0 Å². The first-order valence-corrected chi connectivity index (χ1v) is 9.44. The van der Waals surface area contributed by atoms with Crippen molar-refractivity contribution >= 4 is 22.3 Å². The zero-order valence-corrected chi connectivity index (χ0v) is 16.0. The second kappa shape index (κ2) is 6.64. The minimum atomic E-state index is -0.00370. The maximum absolute atomic E-state index is 6.30. The summed E-state index contributed by atoms with van der Waals surface area (Å²) < 4.78 is 11.6. The molecule has 5 rings (SSSR count). The van der Waals surface area contributed by atoms with Crippen molar-refractivity contribution in [2.75, 3.05) is 24.0 Å². The number of benzene rings is 3. The zero-order chi connectivity index (χ0) is 19.1. The van der Waals surface area contributed by atoms with Crippen LogP contribution in [0.2, 0.25) is 0 Å². The Bertz CT molecular complexity index is 1120. The molecule has 0 N–H and O–H groups in total. The summed E-state index contributed by atoms with van der Waals surface area (Å²) in [6, 6.07) is 27.2. The molecule has 0 fully saturated rings. The van der Waals surface area contributed by atoms with E-state index in [1.807, 2.05) is 18.2 Å². The minimum absolute atomic E-state index is 0.00370. The van der Waals surface area contributed by atoms with Crippen molar-refractivity contribution < 1.29 is 9.15 Å². The van der Waals surface area contributed by atoms with E-state index in [1.165, 1.54) is 16.9 Å². The molecule has 1 atom stereocenters. The van der Waals surface area contributed by atoms with Gasteiger partial charge in [0.15, 0.2) is 6.17 Å². The van der Waals surface area contributed by atoms with Crippen molar-refractivity contribution in [3.8, 4) is 5.75 Å². The maximum atomic E-state index is 6.30. The third-order valence-corrected chi connectivity index (χ3v) is 5.43. The number of anilines is 2. The van der Waals surface area contributed by atoms with Gasteiger partial charge in [-0.15, -0.1) is 0 Å². The number of hydrogen-bond acceptors (Lipinski definition) is 4. The molecule has 4 heteroatoms. The SMILES string of the molecule is COc1ccc2cc(C3N(C)c4ccccc4N3Cc3ccccc3)oc2c1. The van der Waals surface area contributed by atoms with Gasteiger partial charge in [0.1, 0.15) is 17.1 Å². The number of fused-ring (bicyclic) bond motifs is 2. The van der Waals surface area contributed by atoms with Gasteiger partial charge >= 0.3 is 0 Å². The van der Waals surface area contributed by atoms with Crippen molar-refractivity contribution in [2.24, 2.45) is 0 Å². The molecular formula is C24H22N2O2. The van der Waals surface area contributed by atoms with Crippen LogP contribution in [-0.4, -0.2) is 14.2 Å². The molecule has 4 nitrogen and oxygen atoms in total. The molecule has 3 aromatic carbocycles. The van der Waals surface area contributed by atoms with Gasteiger partial charge < -0.3 is 19.0 Å². The fraction of sp³-hybridized carbons (Fsp3) is 0.167. The average Bonchev–Trinajstić information content (AvgIpc) is 3.27. The van der Waals surface area contributed by atoms with Gasteiger partial charge in [0.2, 0.25) is 0 Å². The van der Waals surface area contributed by atoms with Crippen LogP contribution in [-0.2, 0) is 6.54 Å². The van der Waals surface area contributed by atoms with Crippen LogP contribution in [0, 0.1) is 0 Å². The molecule has 0 aliphatic carbocycles. The van der Waals surface area contributed by atoms with Crippen LogP contribution in [0.5, 0.6) is 5.75 Å². The van der Waals surface area contributed by atoms with Crippen molar-refractivity contribution in [2.45, 2.75) is 12.7 Å². The van der Waals surface area contributed by atoms with E-state index in [2.05, 4.69) is 77.5 Å². The molecule has 1 aliphatic rings. The van der Waals surface area contributed by atoms with Crippen LogP contribution in [0.15, 0.2) is 83.3 Å². The van der Waals surface area contributed by atoms with Gasteiger partial charge in [-0.3, -0.25) is 0 Å². The lowest BCUT2D eigenvalue weighted by molar-refractivity contribution is 0.413. The predicted octanol–water partition coefficient (Wildman–Crippen LogP) is 5.60. The van der Waals surface area contributed by atoms with E-state index in [9.17, 15) is 0 Å². The summed E-state index contributed by atoms with van der Waals surface area (Å²) in [6.45, 7) is 0.813. The lowest BCUT2D eigenvalue weighted by Crippen LogP contribution is -2.32. The number of nitrogens with zero attached hydrogens (tertiary/aromatic N) is 2. The maximum Gasteiger partial charge on any atom is 0.162 e. The van der Waals surface area contributed by atoms with Crippen molar-refractivity contribution in [1.29, 1.82) is 0 Å². The van der Waals surface area contributed by atoms with E-state index >= 15 is 0 Å². The van der Waals surface area contributed by atoms with Gasteiger partial charge in [-0.05, 0) is 35.9 Å². The highest BCUT2D eigenvalue weighted by Crippen LogP contribution is 2.47. The standard InChI is InChI=1S/C24H22N2O2/c1-25-20-10-6-7-11-21(20)26(16-17-8-4-3-5-9-17)24(25)23-14-18-12-13-19(27-2)15-22(18)28-23/h3-15,24H,16H2,1-2H3. The minimum Gasteiger partial charge on any atom is -0.497 e. The first-order valence-electron chi connectivity index (χ1n) is 9.44. The van der Waals surface area contributed by atoms with E-state index < -0.39 is 0 Å². The fourth-order valence-corrected chi connectivity index (χ4v) is 4.06. The van der Waals surface area contributed by atoms with Gasteiger partial charge in [-0.2, -0.15) is 0 Å². The normalized spacial score (nSPS) is 15.9. The summed E-state index contributed by atoms with van der Waals surface area (Å²) in [4.78, 5) is 4.69. The second-order valence-corrected chi connectivity index (χ2v) is 7.14. The van der Waals surface area contributed by atoms with Gasteiger partial charge in [0.25, 0.3) is 0 Å². The summed E-state index contributed by atoms with van der Waals surface area (Å²) in [6.07, 6.45) is -0.00370. The quantitative estimate of drug-likeness (QED) is 0.468. The molecule has 0 bridgehead atoms. The summed E-state index contributed by atoms with van der Waals surface area (Å²) >= 11 is 0. The van der Waals surface area contributed by atoms with Crippen LogP contribution in [0.1, 0.15) is 17.5 Å². The van der Waals surface area contributed by atoms with Crippen LogP contribution in [0.25, 0.3) is 11.0 Å². The smallest absolute Gasteiger partial charge is 0.162 e. The Labute approximate surface area is 164 Å². The molecule has 0 radical (unpaired) electrons. The molecule has 0 amide bonds. The lowest BCUT2D eigenvalue weighted by Gasteiger charge is -2.29. The van der Waals surface area contributed by atoms with E-state index in [0.717, 1.165) is 29.0 Å². The summed E-state index contributed by atoms with van der Waals surface area (Å²) in [5.74, 6) is 1.73. The summed E-state index contributed by atoms with van der Waals surface area (Å²) in [5.41, 5.74) is 4.55. The average molecular weight is 370 g/mol. The third-order valence-electron chi connectivity index (χ3n) is 5.43. The first-order chi connectivity index (χ1) is 13.7. The molecule has 4 aromatic rings. The highest BCUT2D eigenvalue weighted by atomic mass is 16.5. The number of furan rings is 1. The van der Waals surface area contributed by atoms with E-state index in [-0.39, 0.29) is 6.17 Å². The van der Waals surface area contributed by atoms with Crippen molar-refractivity contribution in [3.63, 3.8) is 0 Å². The Morgan fingerprint density at radius 3 is 2.43 bits per heavy atom. The number of methoxy groups -OCH3 is 1. The molecule has 0 saturated heterocycles. The van der Waals surface area contributed by atoms with Crippen LogP contribution >= 0.6 is 0 Å². The van der Waals surface area contributed by atoms with Crippen LogP contribution in [0.3, 0.4) is 0 Å². The number of rotatable bonds is 4. The van der Waals surface area contributed by atoms with E-state index in [4.69, 9.17) is 9.15 Å². The van der Waals surface area contributed by atoms with E-state index in [0.29, 0.717) is 0 Å². The summed E-state index contributed by atoms with van der Waals surface area (Å²) in [5, 5.41) is 1.08. The molecule has 0 saturated carbocycles. The molecule has 140 valence electrons. The predicted molar refractivity (Wildman–Crippen MR) is 113 cm³/mol. The fourth-order valence-electron chi connectivity index (χ4n) is 4.06. The number of para-hydroxylation sites is 2. The van der Waals surface area contributed by atoms with Gasteiger partial charge in [0, 0.05) is 25.0 Å². The van der Waals surface area contributed by atoms with Crippen molar-refractivity contribution in [3.05, 3.63) is 90.2 Å². The Morgan fingerprint density at radius 2 is 1.64 bits per heavy atom. The lowest BCUT2D eigenvalue weighted by atomic mass is 10.2. The molecular weight excluding hydrogens is 348 g/mol. The highest BCUT2D eigenvalue weighted by molar-refractivity contribution is 5.82. The first kappa shape index (κ1) is 16.8. The van der Waals surface area contributed by atoms with Crippen LogP contribution in [0.4, 0.5) is 11.4 Å². The summed E-state index contributed by atoms with van der Waals surface area (Å²) in [7, 11) is 3.80. The molecule has 1 unspecified atom stereocenters.